The van der Waals surface area contributed by atoms with Gasteiger partial charge in [-0.25, -0.2) is 0 Å². The maximum Gasteiger partial charge on any atom is 0.330 e. The molecule has 0 aromatic rings. The van der Waals surface area contributed by atoms with E-state index in [1.54, 1.807) is 13.8 Å². The van der Waals surface area contributed by atoms with Crippen LogP contribution in [0.25, 0.3) is 0 Å². The minimum Gasteiger partial charge on any atom is -0.324 e. The van der Waals surface area contributed by atoms with Crippen LogP contribution >= 0.6 is 7.60 Å². The summed E-state index contributed by atoms with van der Waals surface area (Å²) in [5, 5.41) is 0. The van der Waals surface area contributed by atoms with E-state index >= 15 is 0 Å². The van der Waals surface area contributed by atoms with Crippen LogP contribution in [-0.2, 0) is 9.09 Å². The Hall–Kier alpha value is 0.150. The van der Waals surface area contributed by atoms with Gasteiger partial charge in [0.15, 0.2) is 0 Å². The van der Waals surface area contributed by atoms with E-state index in [0.29, 0.717) is 6.61 Å². The van der Waals surface area contributed by atoms with Crippen molar-refractivity contribution in [2.24, 2.45) is 5.92 Å². The largest absolute Gasteiger partial charge is 0.330 e. The fourth-order valence-electron chi connectivity index (χ4n) is 2.41. The average molecular weight is 334 g/mol. The standard InChI is InChI=1S/C18H39O3P/c1-17(2)15-13-11-9-7-5-6-8-10-12-14-16-21-22(19,20)18(3)4/h17-18H,5-16H2,1-4H3,(H,19,20). The SMILES string of the molecule is CC(C)CCCCCCCCCCCCOP(=O)(O)C(C)C. The Bertz CT molecular complexity index is 290. The van der Waals surface area contributed by atoms with E-state index in [2.05, 4.69) is 13.8 Å². The van der Waals surface area contributed by atoms with Crippen molar-refractivity contribution in [1.82, 2.24) is 0 Å². The van der Waals surface area contributed by atoms with Crippen LogP contribution in [0.2, 0.25) is 0 Å². The molecule has 0 aliphatic carbocycles. The van der Waals surface area contributed by atoms with Gasteiger partial charge in [0, 0.05) is 0 Å². The van der Waals surface area contributed by atoms with Crippen LogP contribution in [0.5, 0.6) is 0 Å². The molecular formula is C18H39O3P. The van der Waals surface area contributed by atoms with Crippen LogP contribution in [-0.4, -0.2) is 17.2 Å². The Balaban J connectivity index is 3.20. The lowest BCUT2D eigenvalue weighted by molar-refractivity contribution is 0.247. The molecule has 0 amide bonds. The zero-order chi connectivity index (χ0) is 16.8. The van der Waals surface area contributed by atoms with Crippen molar-refractivity contribution in [3.8, 4) is 0 Å². The molecule has 0 bridgehead atoms. The van der Waals surface area contributed by atoms with E-state index in [1.807, 2.05) is 0 Å². The molecule has 4 heteroatoms. The number of rotatable bonds is 15. The lowest BCUT2D eigenvalue weighted by atomic mass is 10.0. The summed E-state index contributed by atoms with van der Waals surface area (Å²) in [6.45, 7) is 8.47. The highest BCUT2D eigenvalue weighted by atomic mass is 31.2. The molecule has 0 aromatic heterocycles. The van der Waals surface area contributed by atoms with Crippen molar-refractivity contribution < 1.29 is 14.0 Å². The highest BCUT2D eigenvalue weighted by Gasteiger charge is 2.23. The lowest BCUT2D eigenvalue weighted by Gasteiger charge is -2.15. The van der Waals surface area contributed by atoms with Gasteiger partial charge < -0.3 is 9.42 Å². The summed E-state index contributed by atoms with van der Waals surface area (Å²) in [5.41, 5.74) is -0.298. The topological polar surface area (TPSA) is 46.5 Å². The normalized spacial score (nSPS) is 14.7. The van der Waals surface area contributed by atoms with E-state index in [0.717, 1.165) is 18.8 Å². The van der Waals surface area contributed by atoms with E-state index in [-0.39, 0.29) is 5.66 Å². The van der Waals surface area contributed by atoms with Gasteiger partial charge in [-0.1, -0.05) is 91.9 Å². The summed E-state index contributed by atoms with van der Waals surface area (Å²) in [4.78, 5) is 9.52. The summed E-state index contributed by atoms with van der Waals surface area (Å²) >= 11 is 0. The van der Waals surface area contributed by atoms with Gasteiger partial charge in [-0.3, -0.25) is 4.57 Å². The molecule has 0 aliphatic heterocycles. The fraction of sp³-hybridized carbons (Fsp3) is 1.00. The monoisotopic (exact) mass is 334 g/mol. The molecule has 0 fully saturated rings. The Morgan fingerprint density at radius 2 is 1.18 bits per heavy atom. The van der Waals surface area contributed by atoms with Crippen LogP contribution in [0, 0.1) is 5.92 Å². The van der Waals surface area contributed by atoms with E-state index in [1.165, 1.54) is 57.8 Å². The first-order valence-electron chi connectivity index (χ1n) is 9.33. The van der Waals surface area contributed by atoms with Crippen molar-refractivity contribution in [2.45, 2.75) is 104 Å². The molecule has 1 unspecified atom stereocenters. The Morgan fingerprint density at radius 1 is 0.773 bits per heavy atom. The van der Waals surface area contributed by atoms with Crippen LogP contribution < -0.4 is 0 Å². The molecule has 0 heterocycles. The van der Waals surface area contributed by atoms with Crippen LogP contribution in [0.1, 0.15) is 98.3 Å². The van der Waals surface area contributed by atoms with E-state index in [9.17, 15) is 9.46 Å². The minimum absolute atomic E-state index is 0.298. The first kappa shape index (κ1) is 22.1. The Labute approximate surface area is 138 Å². The Morgan fingerprint density at radius 3 is 1.59 bits per heavy atom. The molecule has 22 heavy (non-hydrogen) atoms. The van der Waals surface area contributed by atoms with E-state index in [4.69, 9.17) is 4.52 Å². The Kier molecular flexibility index (Phi) is 13.7. The molecule has 0 radical (unpaired) electrons. The van der Waals surface area contributed by atoms with Gasteiger partial charge in [-0.2, -0.15) is 0 Å². The molecule has 0 spiro atoms. The van der Waals surface area contributed by atoms with Gasteiger partial charge in [0.2, 0.25) is 0 Å². The molecular weight excluding hydrogens is 295 g/mol. The van der Waals surface area contributed by atoms with Crippen molar-refractivity contribution in [2.75, 3.05) is 6.61 Å². The van der Waals surface area contributed by atoms with Gasteiger partial charge in [0.05, 0.1) is 12.3 Å². The third-order valence-corrected chi connectivity index (χ3v) is 5.96. The molecule has 3 nitrogen and oxygen atoms in total. The smallest absolute Gasteiger partial charge is 0.324 e. The molecule has 1 atom stereocenters. The van der Waals surface area contributed by atoms with Gasteiger partial charge in [-0.05, 0) is 12.3 Å². The van der Waals surface area contributed by atoms with Gasteiger partial charge in [-0.15, -0.1) is 0 Å². The maximum atomic E-state index is 11.6. The van der Waals surface area contributed by atoms with Gasteiger partial charge >= 0.3 is 7.60 Å². The zero-order valence-electron chi connectivity index (χ0n) is 15.4. The van der Waals surface area contributed by atoms with Gasteiger partial charge in [0.25, 0.3) is 0 Å². The third-order valence-electron chi connectivity index (χ3n) is 4.10. The minimum atomic E-state index is -3.35. The molecule has 0 rings (SSSR count). The summed E-state index contributed by atoms with van der Waals surface area (Å²) < 4.78 is 16.7. The second kappa shape index (κ2) is 13.6. The van der Waals surface area contributed by atoms with Crippen molar-refractivity contribution in [1.29, 1.82) is 0 Å². The third kappa shape index (κ3) is 13.8. The summed E-state index contributed by atoms with van der Waals surface area (Å²) in [5.74, 6) is 0.851. The fourth-order valence-corrected chi connectivity index (χ4v) is 3.10. The molecule has 0 aromatic carbocycles. The summed E-state index contributed by atoms with van der Waals surface area (Å²) in [6, 6.07) is 0. The summed E-state index contributed by atoms with van der Waals surface area (Å²) in [7, 11) is -3.35. The predicted molar refractivity (Wildman–Crippen MR) is 96.5 cm³/mol. The maximum absolute atomic E-state index is 11.6. The summed E-state index contributed by atoms with van der Waals surface area (Å²) in [6.07, 6.45) is 14.1. The predicted octanol–water partition coefficient (Wildman–Crippen LogP) is 6.54. The average Bonchev–Trinajstić information content (AvgIpc) is 2.43. The molecule has 134 valence electrons. The molecule has 0 saturated carbocycles. The molecule has 0 aliphatic rings. The number of unbranched alkanes of at least 4 members (excludes halogenated alkanes) is 9. The zero-order valence-corrected chi connectivity index (χ0v) is 16.2. The number of hydrogen-bond donors (Lipinski definition) is 1. The number of hydrogen-bond acceptors (Lipinski definition) is 2. The van der Waals surface area contributed by atoms with Crippen molar-refractivity contribution >= 4 is 7.60 Å². The molecule has 1 N–H and O–H groups in total. The first-order chi connectivity index (χ1) is 10.4. The lowest BCUT2D eigenvalue weighted by Crippen LogP contribution is -2.02. The van der Waals surface area contributed by atoms with E-state index < -0.39 is 7.60 Å². The first-order valence-corrected chi connectivity index (χ1v) is 11.0. The van der Waals surface area contributed by atoms with Crippen molar-refractivity contribution in [3.05, 3.63) is 0 Å². The highest BCUT2D eigenvalue weighted by Crippen LogP contribution is 2.47. The van der Waals surface area contributed by atoms with Gasteiger partial charge in [0.1, 0.15) is 0 Å². The van der Waals surface area contributed by atoms with Crippen LogP contribution in [0.4, 0.5) is 0 Å². The second-order valence-electron chi connectivity index (χ2n) is 7.21. The highest BCUT2D eigenvalue weighted by molar-refractivity contribution is 7.53. The van der Waals surface area contributed by atoms with Crippen LogP contribution in [0.15, 0.2) is 0 Å². The van der Waals surface area contributed by atoms with Crippen LogP contribution in [0.3, 0.4) is 0 Å². The molecule has 0 saturated heterocycles. The van der Waals surface area contributed by atoms with Crippen molar-refractivity contribution in [3.63, 3.8) is 0 Å². The second-order valence-corrected chi connectivity index (χ2v) is 9.63. The quantitative estimate of drug-likeness (QED) is 0.273.